The summed E-state index contributed by atoms with van der Waals surface area (Å²) in [5, 5.41) is 0. The second-order valence-electron chi connectivity index (χ2n) is 4.57. The fourth-order valence-corrected chi connectivity index (χ4v) is 2.42. The van der Waals surface area contributed by atoms with E-state index in [1.165, 1.54) is 29.7 Å². The third kappa shape index (κ3) is 1.14. The molecule has 0 saturated heterocycles. The highest BCUT2D eigenvalue weighted by atomic mass is 15.1. The lowest BCUT2D eigenvalue weighted by molar-refractivity contribution is 0.954. The van der Waals surface area contributed by atoms with E-state index in [0.717, 1.165) is 6.54 Å². The smallest absolute Gasteiger partial charge is 0.0397 e. The average Bonchev–Trinajstić information content (AvgIpc) is 2.80. The summed E-state index contributed by atoms with van der Waals surface area (Å²) in [6.07, 6.45) is 2.37. The van der Waals surface area contributed by atoms with Gasteiger partial charge in [-0.25, -0.2) is 0 Å². The van der Waals surface area contributed by atoms with Crippen molar-refractivity contribution >= 4 is 5.69 Å². The summed E-state index contributed by atoms with van der Waals surface area (Å²) in [7, 11) is 2.16. The first-order chi connectivity index (χ1) is 6.75. The Labute approximate surface area is 84.7 Å². The third-order valence-electron chi connectivity index (χ3n) is 3.50. The fourth-order valence-electron chi connectivity index (χ4n) is 2.42. The second-order valence-corrected chi connectivity index (χ2v) is 4.57. The monoisotopic (exact) mass is 188 g/mol. The zero-order valence-electron chi connectivity index (χ0n) is 8.53. The highest BCUT2D eigenvalue weighted by Crippen LogP contribution is 2.41. The van der Waals surface area contributed by atoms with Crippen LogP contribution in [0.25, 0.3) is 0 Å². The molecule has 0 unspecified atom stereocenters. The molecule has 3 rings (SSSR count). The Morgan fingerprint density at radius 3 is 2.93 bits per heavy atom. The maximum Gasteiger partial charge on any atom is 0.0397 e. The lowest BCUT2D eigenvalue weighted by Crippen LogP contribution is -2.12. The van der Waals surface area contributed by atoms with E-state index >= 15 is 0 Å². The number of hydrogen-bond donors (Lipinski definition) is 1. The zero-order valence-corrected chi connectivity index (χ0v) is 8.53. The van der Waals surface area contributed by atoms with Gasteiger partial charge in [-0.15, -0.1) is 0 Å². The van der Waals surface area contributed by atoms with Gasteiger partial charge in [-0.05, 0) is 30.0 Å². The number of nitrogens with zero attached hydrogens (tertiary/aromatic N) is 1. The molecule has 14 heavy (non-hydrogen) atoms. The van der Waals surface area contributed by atoms with Gasteiger partial charge in [-0.3, -0.25) is 0 Å². The van der Waals surface area contributed by atoms with Crippen molar-refractivity contribution in [2.24, 2.45) is 5.73 Å². The lowest BCUT2D eigenvalue weighted by Gasteiger charge is -2.11. The Hall–Kier alpha value is -1.02. The molecule has 1 saturated carbocycles. The molecule has 0 spiro atoms. The molecule has 1 heterocycles. The minimum absolute atomic E-state index is 0.423. The van der Waals surface area contributed by atoms with E-state index < -0.39 is 0 Å². The Morgan fingerprint density at radius 2 is 2.21 bits per heavy atom. The molecule has 74 valence electrons. The van der Waals surface area contributed by atoms with Crippen molar-refractivity contribution in [1.82, 2.24) is 0 Å². The van der Waals surface area contributed by atoms with Crippen LogP contribution < -0.4 is 10.6 Å². The standard InChI is InChI=1S/C12H16N2/c1-14-5-4-9-6-8(2-3-12(9)14)10-7-11(10)13/h2-3,6,10-11H,4-5,7,13H2,1H3/t10-,11+/m0/s1. The van der Waals surface area contributed by atoms with Gasteiger partial charge in [0.2, 0.25) is 0 Å². The summed E-state index contributed by atoms with van der Waals surface area (Å²) in [4.78, 5) is 2.33. The van der Waals surface area contributed by atoms with Gasteiger partial charge in [0, 0.05) is 31.2 Å². The van der Waals surface area contributed by atoms with Gasteiger partial charge >= 0.3 is 0 Å². The Bertz CT molecular complexity index is 373. The Balaban J connectivity index is 1.96. The van der Waals surface area contributed by atoms with Crippen LogP contribution in [0.3, 0.4) is 0 Å². The quantitative estimate of drug-likeness (QED) is 0.723. The summed E-state index contributed by atoms with van der Waals surface area (Å²) >= 11 is 0. The van der Waals surface area contributed by atoms with Gasteiger partial charge in [-0.1, -0.05) is 12.1 Å². The van der Waals surface area contributed by atoms with Crippen LogP contribution in [0.1, 0.15) is 23.5 Å². The summed E-state index contributed by atoms with van der Waals surface area (Å²) in [5.41, 5.74) is 10.2. The molecule has 1 aliphatic carbocycles. The number of anilines is 1. The molecule has 2 heteroatoms. The molecule has 2 N–H and O–H groups in total. The maximum atomic E-state index is 5.86. The Kier molecular flexibility index (Phi) is 1.62. The molecule has 0 bridgehead atoms. The van der Waals surface area contributed by atoms with Crippen molar-refractivity contribution in [1.29, 1.82) is 0 Å². The maximum absolute atomic E-state index is 5.86. The molecular weight excluding hydrogens is 172 g/mol. The topological polar surface area (TPSA) is 29.3 Å². The fraction of sp³-hybridized carbons (Fsp3) is 0.500. The van der Waals surface area contributed by atoms with E-state index in [2.05, 4.69) is 30.1 Å². The molecular formula is C12H16N2. The van der Waals surface area contributed by atoms with Crippen LogP contribution in [-0.2, 0) is 6.42 Å². The summed E-state index contributed by atoms with van der Waals surface area (Å²) in [6.45, 7) is 1.16. The summed E-state index contributed by atoms with van der Waals surface area (Å²) < 4.78 is 0. The van der Waals surface area contributed by atoms with Gasteiger partial charge in [0.15, 0.2) is 0 Å². The van der Waals surface area contributed by atoms with E-state index in [1.807, 2.05) is 0 Å². The third-order valence-corrected chi connectivity index (χ3v) is 3.50. The predicted molar refractivity (Wildman–Crippen MR) is 58.7 cm³/mol. The van der Waals surface area contributed by atoms with Crippen molar-refractivity contribution in [3.63, 3.8) is 0 Å². The van der Waals surface area contributed by atoms with Crippen LogP contribution in [-0.4, -0.2) is 19.6 Å². The van der Waals surface area contributed by atoms with Gasteiger partial charge in [0.25, 0.3) is 0 Å². The minimum atomic E-state index is 0.423. The van der Waals surface area contributed by atoms with Gasteiger partial charge < -0.3 is 10.6 Å². The van der Waals surface area contributed by atoms with Crippen molar-refractivity contribution < 1.29 is 0 Å². The zero-order chi connectivity index (χ0) is 9.71. The van der Waals surface area contributed by atoms with E-state index in [9.17, 15) is 0 Å². The number of nitrogens with two attached hydrogens (primary N) is 1. The van der Waals surface area contributed by atoms with Crippen LogP contribution in [0.2, 0.25) is 0 Å². The van der Waals surface area contributed by atoms with Crippen LogP contribution in [0.4, 0.5) is 5.69 Å². The van der Waals surface area contributed by atoms with E-state index in [4.69, 9.17) is 5.73 Å². The molecule has 1 aromatic carbocycles. The van der Waals surface area contributed by atoms with E-state index in [-0.39, 0.29) is 0 Å². The normalized spacial score (nSPS) is 29.1. The molecule has 2 atom stereocenters. The number of likely N-dealkylation sites (N-methyl/N-ethyl adjacent to an activating group) is 1. The average molecular weight is 188 g/mol. The highest BCUT2D eigenvalue weighted by Gasteiger charge is 2.35. The first kappa shape index (κ1) is 8.30. The lowest BCUT2D eigenvalue weighted by atomic mass is 10.0. The van der Waals surface area contributed by atoms with Crippen molar-refractivity contribution in [3.8, 4) is 0 Å². The van der Waals surface area contributed by atoms with E-state index in [0.29, 0.717) is 12.0 Å². The van der Waals surface area contributed by atoms with Crippen LogP contribution in [0.15, 0.2) is 18.2 Å². The SMILES string of the molecule is CN1CCc2cc([C@@H]3C[C@H]3N)ccc21. The largest absolute Gasteiger partial charge is 0.374 e. The number of hydrogen-bond acceptors (Lipinski definition) is 2. The molecule has 0 radical (unpaired) electrons. The number of benzene rings is 1. The van der Waals surface area contributed by atoms with Gasteiger partial charge in [0.05, 0.1) is 0 Å². The van der Waals surface area contributed by atoms with Crippen LogP contribution >= 0.6 is 0 Å². The molecule has 1 fully saturated rings. The van der Waals surface area contributed by atoms with Gasteiger partial charge in [-0.2, -0.15) is 0 Å². The number of rotatable bonds is 1. The van der Waals surface area contributed by atoms with Crippen molar-refractivity contribution in [3.05, 3.63) is 29.3 Å². The van der Waals surface area contributed by atoms with Crippen molar-refractivity contribution in [2.45, 2.75) is 24.8 Å². The molecule has 0 amide bonds. The summed E-state index contributed by atoms with van der Waals surface area (Å²) in [6, 6.07) is 7.28. The first-order valence-electron chi connectivity index (χ1n) is 5.35. The molecule has 2 nitrogen and oxygen atoms in total. The van der Waals surface area contributed by atoms with Crippen LogP contribution in [0.5, 0.6) is 0 Å². The van der Waals surface area contributed by atoms with Crippen LogP contribution in [0, 0.1) is 0 Å². The molecule has 1 aromatic rings. The number of fused-ring (bicyclic) bond motifs is 1. The summed E-state index contributed by atoms with van der Waals surface area (Å²) in [5.74, 6) is 0.645. The second kappa shape index (κ2) is 2.74. The van der Waals surface area contributed by atoms with Gasteiger partial charge in [0.1, 0.15) is 0 Å². The van der Waals surface area contributed by atoms with E-state index in [1.54, 1.807) is 0 Å². The molecule has 0 aromatic heterocycles. The highest BCUT2D eigenvalue weighted by molar-refractivity contribution is 5.59. The minimum Gasteiger partial charge on any atom is -0.374 e. The predicted octanol–water partition coefficient (Wildman–Crippen LogP) is 1.49. The first-order valence-corrected chi connectivity index (χ1v) is 5.35. The molecule has 2 aliphatic rings. The van der Waals surface area contributed by atoms with Crippen molar-refractivity contribution in [2.75, 3.05) is 18.5 Å². The molecule has 1 aliphatic heterocycles. The Morgan fingerprint density at radius 1 is 1.43 bits per heavy atom.